The van der Waals surface area contributed by atoms with Crippen molar-refractivity contribution in [1.29, 1.82) is 0 Å². The average Bonchev–Trinajstić information content (AvgIpc) is 2.97. The molecule has 1 aromatic carbocycles. The molecule has 3 nitrogen and oxygen atoms in total. The smallest absolute Gasteiger partial charge is 0.137 e. The third-order valence-electron chi connectivity index (χ3n) is 3.47. The van der Waals surface area contributed by atoms with Crippen LogP contribution in [0, 0.1) is 0 Å². The molecule has 0 bridgehead atoms. The van der Waals surface area contributed by atoms with Crippen molar-refractivity contribution in [3.05, 3.63) is 21.2 Å². The molecular weight excluding hydrogens is 282 g/mol. The summed E-state index contributed by atoms with van der Waals surface area (Å²) in [7, 11) is 1.98. The monoisotopic (exact) mass is 297 g/mol. The van der Waals surface area contributed by atoms with Crippen LogP contribution in [0.5, 0.6) is 11.5 Å². The number of likely N-dealkylation sites (N-methyl/N-ethyl adjacent to an activating group) is 1. The second-order valence-corrected chi connectivity index (χ2v) is 5.25. The maximum atomic E-state index is 5.82. The summed E-state index contributed by atoms with van der Waals surface area (Å²) in [5, 5.41) is 3.21. The van der Waals surface area contributed by atoms with E-state index in [0.29, 0.717) is 0 Å². The lowest BCUT2D eigenvalue weighted by molar-refractivity contribution is 0.352. The summed E-state index contributed by atoms with van der Waals surface area (Å²) in [6, 6.07) is 0. The lowest BCUT2D eigenvalue weighted by Gasteiger charge is -2.14. The number of rotatable bonds is 3. The minimum Gasteiger partial charge on any atom is -0.493 e. The summed E-state index contributed by atoms with van der Waals surface area (Å²) in [6.45, 7) is 2.57. The minimum absolute atomic E-state index is 0.795. The number of halogens is 1. The normalized spacial score (nSPS) is 16.4. The van der Waals surface area contributed by atoms with Gasteiger partial charge in [0.15, 0.2) is 0 Å². The largest absolute Gasteiger partial charge is 0.493 e. The number of nitrogens with one attached hydrogen (secondary N) is 1. The van der Waals surface area contributed by atoms with Crippen LogP contribution < -0.4 is 14.8 Å². The van der Waals surface area contributed by atoms with Gasteiger partial charge < -0.3 is 14.8 Å². The van der Waals surface area contributed by atoms with Crippen molar-refractivity contribution < 1.29 is 9.47 Å². The van der Waals surface area contributed by atoms with Crippen molar-refractivity contribution >= 4 is 15.9 Å². The highest BCUT2D eigenvalue weighted by molar-refractivity contribution is 9.10. The summed E-state index contributed by atoms with van der Waals surface area (Å²) in [5.41, 5.74) is 3.98. The molecule has 0 aromatic heterocycles. The molecular formula is C13H16BrNO2. The van der Waals surface area contributed by atoms with Gasteiger partial charge in [0.25, 0.3) is 0 Å². The fourth-order valence-electron chi connectivity index (χ4n) is 2.66. The summed E-state index contributed by atoms with van der Waals surface area (Å²) in [4.78, 5) is 0. The van der Waals surface area contributed by atoms with E-state index in [1.807, 2.05) is 7.05 Å². The standard InChI is InChI=1S/C13H16BrNO2/c1-15-5-2-8-9-3-6-17-13(9)11(14)10-4-7-16-12(8)10/h15H,2-7H2,1H3. The van der Waals surface area contributed by atoms with Crippen LogP contribution >= 0.6 is 15.9 Å². The lowest BCUT2D eigenvalue weighted by Crippen LogP contribution is -2.12. The number of hydrogen-bond acceptors (Lipinski definition) is 3. The molecule has 17 heavy (non-hydrogen) atoms. The molecule has 0 saturated heterocycles. The van der Waals surface area contributed by atoms with E-state index in [4.69, 9.17) is 9.47 Å². The Labute approximate surface area is 110 Å². The minimum atomic E-state index is 0.795. The van der Waals surface area contributed by atoms with Crippen LogP contribution in [0.3, 0.4) is 0 Å². The van der Waals surface area contributed by atoms with Gasteiger partial charge in [0.2, 0.25) is 0 Å². The molecule has 3 rings (SSSR count). The Morgan fingerprint density at radius 2 is 1.82 bits per heavy atom. The second-order valence-electron chi connectivity index (χ2n) is 4.46. The first kappa shape index (κ1) is 11.4. The Balaban J connectivity index is 2.12. The van der Waals surface area contributed by atoms with Crippen LogP contribution in [0.4, 0.5) is 0 Å². The van der Waals surface area contributed by atoms with Crippen molar-refractivity contribution in [3.63, 3.8) is 0 Å². The fraction of sp³-hybridized carbons (Fsp3) is 0.538. The van der Waals surface area contributed by atoms with Gasteiger partial charge >= 0.3 is 0 Å². The van der Waals surface area contributed by atoms with Crippen LogP contribution in [-0.4, -0.2) is 26.8 Å². The maximum Gasteiger partial charge on any atom is 0.137 e. The van der Waals surface area contributed by atoms with E-state index in [2.05, 4.69) is 21.2 Å². The van der Waals surface area contributed by atoms with E-state index >= 15 is 0 Å². The van der Waals surface area contributed by atoms with Gasteiger partial charge in [0.1, 0.15) is 11.5 Å². The number of ether oxygens (including phenoxy) is 2. The first-order valence-corrected chi connectivity index (χ1v) is 6.88. The average molecular weight is 298 g/mol. The molecule has 92 valence electrons. The van der Waals surface area contributed by atoms with Crippen LogP contribution in [0.1, 0.15) is 16.7 Å². The molecule has 1 N–H and O–H groups in total. The number of fused-ring (bicyclic) bond motifs is 2. The van der Waals surface area contributed by atoms with Crippen LogP contribution in [-0.2, 0) is 19.3 Å². The van der Waals surface area contributed by atoms with Gasteiger partial charge in [-0.3, -0.25) is 0 Å². The summed E-state index contributed by atoms with van der Waals surface area (Å²) >= 11 is 3.66. The molecule has 4 heteroatoms. The van der Waals surface area contributed by atoms with Crippen molar-refractivity contribution in [2.45, 2.75) is 19.3 Å². The zero-order chi connectivity index (χ0) is 11.8. The Bertz CT molecular complexity index is 424. The van der Waals surface area contributed by atoms with Gasteiger partial charge in [0.05, 0.1) is 17.7 Å². The molecule has 0 spiro atoms. The molecule has 2 aliphatic rings. The zero-order valence-corrected chi connectivity index (χ0v) is 11.5. The first-order chi connectivity index (χ1) is 8.33. The predicted molar refractivity (Wildman–Crippen MR) is 70.2 cm³/mol. The van der Waals surface area contributed by atoms with Crippen molar-refractivity contribution in [1.82, 2.24) is 5.32 Å². The highest BCUT2D eigenvalue weighted by Crippen LogP contribution is 2.47. The van der Waals surface area contributed by atoms with Gasteiger partial charge in [-0.2, -0.15) is 0 Å². The topological polar surface area (TPSA) is 30.5 Å². The van der Waals surface area contributed by atoms with E-state index in [9.17, 15) is 0 Å². The van der Waals surface area contributed by atoms with E-state index < -0.39 is 0 Å². The number of benzene rings is 1. The van der Waals surface area contributed by atoms with Crippen LogP contribution in [0.25, 0.3) is 0 Å². The van der Waals surface area contributed by atoms with E-state index in [-0.39, 0.29) is 0 Å². The molecule has 2 aliphatic heterocycles. The van der Waals surface area contributed by atoms with Gasteiger partial charge in [0, 0.05) is 29.5 Å². The Morgan fingerprint density at radius 3 is 2.59 bits per heavy atom. The van der Waals surface area contributed by atoms with Gasteiger partial charge in [-0.25, -0.2) is 0 Å². The van der Waals surface area contributed by atoms with E-state index in [1.165, 1.54) is 16.7 Å². The van der Waals surface area contributed by atoms with Crippen molar-refractivity contribution in [3.8, 4) is 11.5 Å². The van der Waals surface area contributed by atoms with E-state index in [1.54, 1.807) is 0 Å². The highest BCUT2D eigenvalue weighted by Gasteiger charge is 2.29. The van der Waals surface area contributed by atoms with Crippen molar-refractivity contribution in [2.24, 2.45) is 0 Å². The molecule has 0 amide bonds. The van der Waals surface area contributed by atoms with Gasteiger partial charge in [-0.1, -0.05) is 0 Å². The highest BCUT2D eigenvalue weighted by atomic mass is 79.9. The third-order valence-corrected chi connectivity index (χ3v) is 4.31. The van der Waals surface area contributed by atoms with Gasteiger partial charge in [-0.15, -0.1) is 0 Å². The lowest BCUT2D eigenvalue weighted by atomic mass is 9.97. The molecule has 0 aliphatic carbocycles. The Kier molecular flexibility index (Phi) is 3.01. The molecule has 0 atom stereocenters. The van der Waals surface area contributed by atoms with Crippen molar-refractivity contribution in [2.75, 3.05) is 26.8 Å². The van der Waals surface area contributed by atoms with Crippen LogP contribution in [0.15, 0.2) is 4.47 Å². The van der Waals surface area contributed by atoms with E-state index in [0.717, 1.165) is 55.0 Å². The second kappa shape index (κ2) is 4.50. The quantitative estimate of drug-likeness (QED) is 0.927. The SMILES string of the molecule is CNCCc1c2c(c(Br)c3c1OCC3)OCC2. The fourth-order valence-corrected chi connectivity index (χ4v) is 3.39. The van der Waals surface area contributed by atoms with Gasteiger partial charge in [-0.05, 0) is 35.9 Å². The zero-order valence-electron chi connectivity index (χ0n) is 9.94. The molecule has 0 saturated carbocycles. The maximum absolute atomic E-state index is 5.82. The Hall–Kier alpha value is -0.740. The molecule has 0 unspecified atom stereocenters. The third kappa shape index (κ3) is 1.74. The first-order valence-electron chi connectivity index (χ1n) is 6.09. The molecule has 0 fully saturated rings. The number of hydrogen-bond donors (Lipinski definition) is 1. The predicted octanol–water partition coefficient (Wildman–Crippen LogP) is 2.08. The summed E-state index contributed by atoms with van der Waals surface area (Å²) < 4.78 is 12.7. The summed E-state index contributed by atoms with van der Waals surface area (Å²) in [6.07, 6.45) is 3.00. The summed E-state index contributed by atoms with van der Waals surface area (Å²) in [5.74, 6) is 2.16. The molecule has 2 heterocycles. The molecule has 0 radical (unpaired) electrons. The molecule has 1 aromatic rings. The Morgan fingerprint density at radius 1 is 1.12 bits per heavy atom. The van der Waals surface area contributed by atoms with Crippen LogP contribution in [0.2, 0.25) is 0 Å².